The van der Waals surface area contributed by atoms with Crippen LogP contribution in [0.1, 0.15) is 27.4 Å². The maximum atomic E-state index is 12.6. The van der Waals surface area contributed by atoms with Crippen LogP contribution in [0, 0.1) is 13.8 Å². The topological polar surface area (TPSA) is 57.3 Å². The number of thioether (sulfide) groups is 1. The SMILES string of the molecule is COCCn1c(C)cc(C(=O)CSCc2csc(-c3ccco3)n2)c1C. The van der Waals surface area contributed by atoms with Crippen LogP contribution in [0.3, 0.4) is 0 Å². The molecule has 0 fully saturated rings. The molecule has 0 saturated heterocycles. The van der Waals surface area contributed by atoms with Gasteiger partial charge in [-0.15, -0.1) is 23.1 Å². The molecule has 0 bridgehead atoms. The van der Waals surface area contributed by atoms with E-state index in [1.54, 1.807) is 36.5 Å². The summed E-state index contributed by atoms with van der Waals surface area (Å²) >= 11 is 3.15. The molecule has 7 heteroatoms. The molecular weight excluding hydrogens is 368 g/mol. The second-order valence-electron chi connectivity index (χ2n) is 5.97. The Labute approximate surface area is 161 Å². The molecule has 0 N–H and O–H groups in total. The maximum absolute atomic E-state index is 12.6. The van der Waals surface area contributed by atoms with Crippen molar-refractivity contribution in [3.8, 4) is 10.8 Å². The molecular formula is C19H22N2O3S2. The van der Waals surface area contributed by atoms with Gasteiger partial charge in [0.2, 0.25) is 0 Å². The van der Waals surface area contributed by atoms with Crippen LogP contribution >= 0.6 is 23.1 Å². The van der Waals surface area contributed by atoms with Crippen LogP contribution in [0.15, 0.2) is 34.3 Å². The highest BCUT2D eigenvalue weighted by atomic mass is 32.2. The molecule has 26 heavy (non-hydrogen) atoms. The van der Waals surface area contributed by atoms with Gasteiger partial charge in [0.25, 0.3) is 0 Å². The van der Waals surface area contributed by atoms with Crippen molar-refractivity contribution in [1.29, 1.82) is 0 Å². The molecule has 0 aromatic carbocycles. The first-order valence-electron chi connectivity index (χ1n) is 8.35. The monoisotopic (exact) mass is 390 g/mol. The van der Waals surface area contributed by atoms with E-state index in [-0.39, 0.29) is 5.78 Å². The van der Waals surface area contributed by atoms with Crippen molar-refractivity contribution in [3.05, 3.63) is 52.5 Å². The largest absolute Gasteiger partial charge is 0.462 e. The zero-order valence-electron chi connectivity index (χ0n) is 15.2. The van der Waals surface area contributed by atoms with Crippen molar-refractivity contribution in [2.24, 2.45) is 0 Å². The number of thiazole rings is 1. The van der Waals surface area contributed by atoms with Crippen LogP contribution in [-0.2, 0) is 17.0 Å². The van der Waals surface area contributed by atoms with Gasteiger partial charge in [-0.2, -0.15) is 0 Å². The Morgan fingerprint density at radius 2 is 2.27 bits per heavy atom. The van der Waals surface area contributed by atoms with Crippen LogP contribution in [-0.4, -0.2) is 34.8 Å². The number of carbonyl (C=O) groups is 1. The molecule has 0 atom stereocenters. The number of carbonyl (C=O) groups excluding carboxylic acids is 1. The van der Waals surface area contributed by atoms with Crippen LogP contribution in [0.2, 0.25) is 0 Å². The van der Waals surface area contributed by atoms with Crippen molar-refractivity contribution in [2.75, 3.05) is 19.5 Å². The predicted molar refractivity (Wildman–Crippen MR) is 106 cm³/mol. The van der Waals surface area contributed by atoms with Gasteiger partial charge in [-0.3, -0.25) is 4.79 Å². The molecule has 0 radical (unpaired) electrons. The summed E-state index contributed by atoms with van der Waals surface area (Å²) in [6.45, 7) is 5.43. The highest BCUT2D eigenvalue weighted by Crippen LogP contribution is 2.26. The lowest BCUT2D eigenvalue weighted by molar-refractivity contribution is 0.102. The number of nitrogens with zero attached hydrogens (tertiary/aromatic N) is 2. The zero-order valence-corrected chi connectivity index (χ0v) is 16.8. The van der Waals surface area contributed by atoms with E-state index in [1.165, 1.54) is 0 Å². The number of methoxy groups -OCH3 is 1. The van der Waals surface area contributed by atoms with Gasteiger partial charge >= 0.3 is 0 Å². The molecule has 0 aliphatic carbocycles. The molecule has 0 aliphatic rings. The van der Waals surface area contributed by atoms with E-state index in [1.807, 2.05) is 37.4 Å². The Hall–Kier alpha value is -1.83. The molecule has 138 valence electrons. The molecule has 3 rings (SSSR count). The third-order valence-corrected chi connectivity index (χ3v) is 6.03. The Morgan fingerprint density at radius 1 is 1.42 bits per heavy atom. The first-order chi connectivity index (χ1) is 12.6. The number of hydrogen-bond donors (Lipinski definition) is 0. The summed E-state index contributed by atoms with van der Waals surface area (Å²) in [6, 6.07) is 5.73. The number of aromatic nitrogens is 2. The second kappa shape index (κ2) is 8.70. The van der Waals surface area contributed by atoms with Gasteiger partial charge in [0.15, 0.2) is 16.6 Å². The molecule has 5 nitrogen and oxygen atoms in total. The minimum Gasteiger partial charge on any atom is -0.462 e. The summed E-state index contributed by atoms with van der Waals surface area (Å²) in [6.07, 6.45) is 1.65. The summed E-state index contributed by atoms with van der Waals surface area (Å²) < 4.78 is 12.6. The van der Waals surface area contributed by atoms with Crippen LogP contribution in [0.25, 0.3) is 10.8 Å². The van der Waals surface area contributed by atoms with Gasteiger partial charge in [0.05, 0.1) is 24.3 Å². The Bertz CT molecular complexity index is 866. The quantitative estimate of drug-likeness (QED) is 0.500. The van der Waals surface area contributed by atoms with Gasteiger partial charge in [0.1, 0.15) is 0 Å². The van der Waals surface area contributed by atoms with Crippen molar-refractivity contribution >= 4 is 28.9 Å². The van der Waals surface area contributed by atoms with E-state index in [4.69, 9.17) is 9.15 Å². The second-order valence-corrected chi connectivity index (χ2v) is 7.81. The first kappa shape index (κ1) is 18.9. The highest BCUT2D eigenvalue weighted by molar-refractivity contribution is 7.99. The van der Waals surface area contributed by atoms with E-state index >= 15 is 0 Å². The minimum absolute atomic E-state index is 0.160. The average Bonchev–Trinajstić information content (AvgIpc) is 3.35. The molecule has 0 unspecified atom stereocenters. The predicted octanol–water partition coefficient (Wildman–Crippen LogP) is 4.58. The van der Waals surface area contributed by atoms with Gasteiger partial charge in [0, 0.05) is 41.7 Å². The summed E-state index contributed by atoms with van der Waals surface area (Å²) in [7, 11) is 1.69. The molecule has 0 amide bonds. The molecule has 0 saturated carbocycles. The van der Waals surface area contributed by atoms with Crippen molar-refractivity contribution in [3.63, 3.8) is 0 Å². The zero-order chi connectivity index (χ0) is 18.5. The van der Waals surface area contributed by atoms with E-state index in [9.17, 15) is 4.79 Å². The summed E-state index contributed by atoms with van der Waals surface area (Å²) in [5.74, 6) is 2.10. The van der Waals surface area contributed by atoms with Gasteiger partial charge in [-0.1, -0.05) is 0 Å². The lowest BCUT2D eigenvalue weighted by Gasteiger charge is -2.08. The van der Waals surface area contributed by atoms with Gasteiger partial charge in [-0.25, -0.2) is 4.98 Å². The van der Waals surface area contributed by atoms with E-state index < -0.39 is 0 Å². The van der Waals surface area contributed by atoms with E-state index in [0.717, 1.165) is 40.0 Å². The van der Waals surface area contributed by atoms with Gasteiger partial charge < -0.3 is 13.7 Å². The van der Waals surface area contributed by atoms with Crippen molar-refractivity contribution in [2.45, 2.75) is 26.1 Å². The van der Waals surface area contributed by atoms with Crippen molar-refractivity contribution in [1.82, 2.24) is 9.55 Å². The van der Waals surface area contributed by atoms with Crippen molar-refractivity contribution < 1.29 is 13.9 Å². The summed E-state index contributed by atoms with van der Waals surface area (Å²) in [5.41, 5.74) is 3.89. The van der Waals surface area contributed by atoms with Crippen LogP contribution in [0.4, 0.5) is 0 Å². The number of hydrogen-bond acceptors (Lipinski definition) is 6. The number of aryl methyl sites for hydroxylation is 1. The lowest BCUT2D eigenvalue weighted by atomic mass is 10.2. The summed E-state index contributed by atoms with van der Waals surface area (Å²) in [5, 5.41) is 2.89. The van der Waals surface area contributed by atoms with E-state index in [2.05, 4.69) is 9.55 Å². The number of rotatable bonds is 9. The van der Waals surface area contributed by atoms with Crippen LogP contribution in [0.5, 0.6) is 0 Å². The fourth-order valence-electron chi connectivity index (χ4n) is 2.82. The number of Topliss-reactive ketones (excluding diaryl/α,β-unsaturated/α-hetero) is 1. The molecule has 3 aromatic heterocycles. The molecule has 3 heterocycles. The fraction of sp³-hybridized carbons (Fsp3) is 0.368. The molecule has 3 aromatic rings. The molecule has 0 spiro atoms. The fourth-order valence-corrected chi connectivity index (χ4v) is 4.51. The highest BCUT2D eigenvalue weighted by Gasteiger charge is 2.16. The number of ether oxygens (including phenoxy) is 1. The standard InChI is InChI=1S/C19H22N2O3S2/c1-13-9-16(14(2)21(13)6-8-23-3)17(22)12-25-10-15-11-26-19(20-15)18-5-4-7-24-18/h4-5,7,9,11H,6,8,10,12H2,1-3H3. The smallest absolute Gasteiger partial charge is 0.174 e. The maximum Gasteiger partial charge on any atom is 0.174 e. The van der Waals surface area contributed by atoms with Gasteiger partial charge in [-0.05, 0) is 32.0 Å². The third kappa shape index (κ3) is 4.28. The third-order valence-electron chi connectivity index (χ3n) is 4.16. The number of ketones is 1. The van der Waals surface area contributed by atoms with E-state index in [0.29, 0.717) is 18.1 Å². The first-order valence-corrected chi connectivity index (χ1v) is 10.4. The van der Waals surface area contributed by atoms with Crippen LogP contribution < -0.4 is 0 Å². The normalized spacial score (nSPS) is 11.2. The average molecular weight is 391 g/mol. The lowest BCUT2D eigenvalue weighted by Crippen LogP contribution is -2.09. The minimum atomic E-state index is 0.160. The Morgan fingerprint density at radius 3 is 3.00 bits per heavy atom. The number of furan rings is 1. The summed E-state index contributed by atoms with van der Waals surface area (Å²) in [4.78, 5) is 17.2. The Kier molecular flexibility index (Phi) is 6.34. The molecule has 0 aliphatic heterocycles. The Balaban J connectivity index is 1.56.